The molecule has 38 heavy (non-hydrogen) atoms. The highest BCUT2D eigenvalue weighted by molar-refractivity contribution is 14.1. The Hall–Kier alpha value is -2.67. The molecule has 3 aliphatic rings. The van der Waals surface area contributed by atoms with E-state index in [0.717, 1.165) is 57.9 Å². The van der Waals surface area contributed by atoms with Gasteiger partial charge in [-0.3, -0.25) is 0 Å². The molecule has 1 unspecified atom stereocenters. The van der Waals surface area contributed by atoms with E-state index in [9.17, 15) is 4.79 Å². The maximum atomic E-state index is 12.8. The minimum Gasteiger partial charge on any atom is -0.484 e. The van der Waals surface area contributed by atoms with Gasteiger partial charge in [0.1, 0.15) is 34.3 Å². The zero-order chi connectivity index (χ0) is 26.5. The van der Waals surface area contributed by atoms with Crippen molar-refractivity contribution in [2.24, 2.45) is 0 Å². The first-order chi connectivity index (χ1) is 18.2. The van der Waals surface area contributed by atoms with Crippen LogP contribution in [0, 0.1) is 3.70 Å². The highest BCUT2D eigenvalue weighted by Crippen LogP contribution is 2.48. The van der Waals surface area contributed by atoms with Crippen LogP contribution in [0.4, 0.5) is 10.6 Å². The molecule has 3 aliphatic heterocycles. The number of anilines is 1. The minimum atomic E-state index is -0.579. The Balaban J connectivity index is 1.23. The molecule has 11 heteroatoms. The first-order valence-electron chi connectivity index (χ1n) is 13.3. The third-order valence-corrected chi connectivity index (χ3v) is 8.17. The number of alkyl carbamates (subject to hydrolysis) is 1. The second-order valence-corrected chi connectivity index (χ2v) is 12.2. The SMILES string of the molecule is CC(C)(C)OC(=O)N[C@@H]1c2ccccc2OC12CCN(c1cnc3c(I)nn(C4CCCCO4)c3n1)CC2. The van der Waals surface area contributed by atoms with E-state index in [2.05, 4.69) is 32.8 Å². The van der Waals surface area contributed by atoms with Crippen LogP contribution in [0.2, 0.25) is 0 Å². The third-order valence-electron chi connectivity index (χ3n) is 7.44. The van der Waals surface area contributed by atoms with E-state index in [0.29, 0.717) is 25.9 Å². The van der Waals surface area contributed by atoms with Gasteiger partial charge in [-0.25, -0.2) is 19.4 Å². The molecule has 2 saturated heterocycles. The van der Waals surface area contributed by atoms with Crippen LogP contribution in [0.5, 0.6) is 5.75 Å². The maximum Gasteiger partial charge on any atom is 0.408 e. The van der Waals surface area contributed by atoms with Gasteiger partial charge in [0, 0.05) is 38.1 Å². The molecule has 2 atom stereocenters. The zero-order valence-electron chi connectivity index (χ0n) is 21.9. The molecule has 1 amide bonds. The highest BCUT2D eigenvalue weighted by Gasteiger charge is 2.51. The lowest BCUT2D eigenvalue weighted by atomic mass is 9.82. The van der Waals surface area contributed by atoms with Gasteiger partial charge in [-0.15, -0.1) is 0 Å². The highest BCUT2D eigenvalue weighted by atomic mass is 127. The second kappa shape index (κ2) is 9.82. The number of fused-ring (bicyclic) bond motifs is 2. The van der Waals surface area contributed by atoms with Crippen LogP contribution in [0.25, 0.3) is 11.2 Å². The van der Waals surface area contributed by atoms with Gasteiger partial charge in [-0.2, -0.15) is 5.10 Å². The molecule has 0 radical (unpaired) electrons. The lowest BCUT2D eigenvalue weighted by molar-refractivity contribution is -0.0372. The van der Waals surface area contributed by atoms with Crippen LogP contribution in [0.15, 0.2) is 30.5 Å². The number of piperidine rings is 1. The van der Waals surface area contributed by atoms with Gasteiger partial charge < -0.3 is 24.4 Å². The average Bonchev–Trinajstić information content (AvgIpc) is 3.38. The van der Waals surface area contributed by atoms with Crippen LogP contribution in [0.3, 0.4) is 0 Å². The molecule has 1 N–H and O–H groups in total. The number of amides is 1. The zero-order valence-corrected chi connectivity index (χ0v) is 24.1. The summed E-state index contributed by atoms with van der Waals surface area (Å²) < 4.78 is 20.9. The second-order valence-electron chi connectivity index (χ2n) is 11.2. The fourth-order valence-electron chi connectivity index (χ4n) is 5.65. The number of halogens is 1. The molecule has 6 rings (SSSR count). The molecular weight excluding hydrogens is 599 g/mol. The van der Waals surface area contributed by atoms with E-state index in [1.54, 1.807) is 0 Å². The summed E-state index contributed by atoms with van der Waals surface area (Å²) in [6, 6.07) is 7.63. The molecule has 0 saturated carbocycles. The summed E-state index contributed by atoms with van der Waals surface area (Å²) in [6.45, 7) is 7.77. The minimum absolute atomic E-state index is 0.103. The van der Waals surface area contributed by atoms with Crippen molar-refractivity contribution in [3.05, 3.63) is 39.7 Å². The van der Waals surface area contributed by atoms with Crippen molar-refractivity contribution in [1.82, 2.24) is 25.1 Å². The van der Waals surface area contributed by atoms with Crippen LogP contribution >= 0.6 is 22.6 Å². The number of carbonyl (C=O) groups is 1. The summed E-state index contributed by atoms with van der Waals surface area (Å²) >= 11 is 2.22. The smallest absolute Gasteiger partial charge is 0.408 e. The number of hydrogen-bond donors (Lipinski definition) is 1. The predicted molar refractivity (Wildman–Crippen MR) is 150 cm³/mol. The summed E-state index contributed by atoms with van der Waals surface area (Å²) in [5, 5.41) is 7.82. The Morgan fingerprint density at radius 3 is 2.74 bits per heavy atom. The Morgan fingerprint density at radius 1 is 1.21 bits per heavy atom. The van der Waals surface area contributed by atoms with Gasteiger partial charge in [-0.05, 0) is 68.7 Å². The lowest BCUT2D eigenvalue weighted by Crippen LogP contribution is -2.54. The van der Waals surface area contributed by atoms with Crippen molar-refractivity contribution in [2.45, 2.75) is 76.3 Å². The number of nitrogens with one attached hydrogen (secondary N) is 1. The number of hydrogen-bond acceptors (Lipinski definition) is 8. The molecule has 202 valence electrons. The summed E-state index contributed by atoms with van der Waals surface area (Å²) in [7, 11) is 0. The topological polar surface area (TPSA) is 104 Å². The standard InChI is InChI=1S/C27H33IN6O4/c1-26(2,3)38-25(35)31-22-17-8-4-5-9-18(17)37-27(22)11-13-33(14-12-27)19-16-29-21-23(28)32-34(24(21)30-19)20-10-6-7-15-36-20/h4-5,8-9,16,20,22H,6-7,10-15H2,1-3H3,(H,31,35)/t20?,22-/m1/s1. The van der Waals surface area contributed by atoms with Crippen molar-refractivity contribution in [3.63, 3.8) is 0 Å². The fraction of sp³-hybridized carbons (Fsp3) is 0.556. The normalized spacial score (nSPS) is 22.8. The van der Waals surface area contributed by atoms with E-state index in [1.807, 2.05) is 55.9 Å². The first-order valence-corrected chi connectivity index (χ1v) is 14.4. The molecule has 1 spiro atoms. The molecule has 0 aliphatic carbocycles. The molecule has 0 bridgehead atoms. The first kappa shape index (κ1) is 25.6. The number of nitrogens with zero attached hydrogens (tertiary/aromatic N) is 5. The van der Waals surface area contributed by atoms with Crippen LogP contribution in [-0.4, -0.2) is 56.7 Å². The van der Waals surface area contributed by atoms with Crippen LogP contribution < -0.4 is 15.0 Å². The molecule has 2 aromatic heterocycles. The number of carbonyl (C=O) groups excluding carboxylic acids is 1. The number of aromatic nitrogens is 4. The number of ether oxygens (including phenoxy) is 3. The van der Waals surface area contributed by atoms with Gasteiger partial charge in [0.15, 0.2) is 15.6 Å². The Labute approximate surface area is 235 Å². The summed E-state index contributed by atoms with van der Waals surface area (Å²) in [4.78, 5) is 24.8. The van der Waals surface area contributed by atoms with Crippen molar-refractivity contribution >= 4 is 45.7 Å². The van der Waals surface area contributed by atoms with Crippen molar-refractivity contribution < 1.29 is 19.0 Å². The largest absolute Gasteiger partial charge is 0.484 e. The quantitative estimate of drug-likeness (QED) is 0.397. The molecule has 3 aromatic rings. The van der Waals surface area contributed by atoms with Gasteiger partial charge in [0.05, 0.1) is 6.20 Å². The van der Waals surface area contributed by atoms with Gasteiger partial charge in [0.25, 0.3) is 0 Å². The number of benzene rings is 1. The summed E-state index contributed by atoms with van der Waals surface area (Å²) in [5.74, 6) is 1.63. The Kier molecular flexibility index (Phi) is 6.61. The number of para-hydroxylation sites is 1. The average molecular weight is 633 g/mol. The van der Waals surface area contributed by atoms with Gasteiger partial charge >= 0.3 is 6.09 Å². The molecule has 10 nitrogen and oxygen atoms in total. The van der Waals surface area contributed by atoms with Crippen molar-refractivity contribution in [3.8, 4) is 5.75 Å². The number of rotatable bonds is 3. The van der Waals surface area contributed by atoms with Gasteiger partial charge in [0.2, 0.25) is 0 Å². The van der Waals surface area contributed by atoms with Crippen molar-refractivity contribution in [2.75, 3.05) is 24.6 Å². The maximum absolute atomic E-state index is 12.8. The van der Waals surface area contributed by atoms with Crippen LogP contribution in [0.1, 0.15) is 70.7 Å². The van der Waals surface area contributed by atoms with Gasteiger partial charge in [-0.1, -0.05) is 18.2 Å². The fourth-order valence-corrected chi connectivity index (χ4v) is 6.26. The summed E-state index contributed by atoms with van der Waals surface area (Å²) in [5.41, 5.74) is 1.41. The third kappa shape index (κ3) is 4.78. The molecule has 5 heterocycles. The van der Waals surface area contributed by atoms with Crippen molar-refractivity contribution in [1.29, 1.82) is 0 Å². The van der Waals surface area contributed by atoms with E-state index >= 15 is 0 Å². The van der Waals surface area contributed by atoms with E-state index in [4.69, 9.17) is 29.3 Å². The summed E-state index contributed by atoms with van der Waals surface area (Å²) in [6.07, 6.45) is 5.84. The van der Waals surface area contributed by atoms with E-state index in [-0.39, 0.29) is 12.3 Å². The molecular formula is C27H33IN6O4. The Bertz CT molecular complexity index is 1340. The predicted octanol–water partition coefficient (Wildman–Crippen LogP) is 5.13. The van der Waals surface area contributed by atoms with Crippen LogP contribution in [-0.2, 0) is 9.47 Å². The monoisotopic (exact) mass is 632 g/mol. The van der Waals surface area contributed by atoms with E-state index in [1.165, 1.54) is 0 Å². The van der Waals surface area contributed by atoms with E-state index < -0.39 is 17.3 Å². The molecule has 2 fully saturated rings. The Morgan fingerprint density at radius 2 is 2.00 bits per heavy atom. The lowest BCUT2D eigenvalue weighted by Gasteiger charge is -2.42. The molecule has 1 aromatic carbocycles.